The van der Waals surface area contributed by atoms with E-state index in [0.717, 1.165) is 23.1 Å². The van der Waals surface area contributed by atoms with Crippen LogP contribution in [0.25, 0.3) is 0 Å². The fourth-order valence-corrected chi connectivity index (χ4v) is 2.96. The molecule has 0 heterocycles. The smallest absolute Gasteiger partial charge is 0.223 e. The van der Waals surface area contributed by atoms with E-state index in [1.807, 2.05) is 6.07 Å². The van der Waals surface area contributed by atoms with Gasteiger partial charge < -0.3 is 15.4 Å². The van der Waals surface area contributed by atoms with E-state index in [1.54, 1.807) is 0 Å². The summed E-state index contributed by atoms with van der Waals surface area (Å²) in [6.45, 7) is 7.96. The third-order valence-electron chi connectivity index (χ3n) is 4.30. The highest BCUT2D eigenvalue weighted by molar-refractivity contribution is 9.10. The summed E-state index contributed by atoms with van der Waals surface area (Å²) in [4.78, 5) is 23.2. The molecule has 144 valence electrons. The van der Waals surface area contributed by atoms with Gasteiger partial charge in [0.1, 0.15) is 5.75 Å². The third kappa shape index (κ3) is 6.98. The van der Waals surface area contributed by atoms with Crippen molar-refractivity contribution in [3.05, 3.63) is 28.2 Å². The summed E-state index contributed by atoms with van der Waals surface area (Å²) in [5.41, 5.74) is 1.34. The highest BCUT2D eigenvalue weighted by atomic mass is 79.9. The van der Waals surface area contributed by atoms with E-state index < -0.39 is 0 Å². The quantitative estimate of drug-likeness (QED) is 0.595. The maximum absolute atomic E-state index is 11.8. The highest BCUT2D eigenvalue weighted by Gasteiger charge is 2.28. The van der Waals surface area contributed by atoms with Crippen molar-refractivity contribution in [3.63, 3.8) is 0 Å². The van der Waals surface area contributed by atoms with E-state index in [2.05, 4.69) is 59.5 Å². The Bertz CT molecular complexity index is 636. The summed E-state index contributed by atoms with van der Waals surface area (Å²) in [7, 11) is 0. The third-order valence-corrected chi connectivity index (χ3v) is 4.92. The fraction of sp³-hybridized carbons (Fsp3) is 0.600. The zero-order chi connectivity index (χ0) is 19.2. The van der Waals surface area contributed by atoms with Gasteiger partial charge in [-0.15, -0.1) is 0 Å². The average Bonchev–Trinajstić information content (AvgIpc) is 3.40. The Morgan fingerprint density at radius 2 is 1.88 bits per heavy atom. The lowest BCUT2D eigenvalue weighted by molar-refractivity contribution is -0.123. The minimum absolute atomic E-state index is 0.0172. The van der Waals surface area contributed by atoms with Gasteiger partial charge in [-0.25, -0.2) is 0 Å². The van der Waals surface area contributed by atoms with Crippen LogP contribution < -0.4 is 15.4 Å². The molecule has 2 amide bonds. The Hall–Kier alpha value is -1.56. The van der Waals surface area contributed by atoms with Crippen LogP contribution in [0.3, 0.4) is 0 Å². The first-order chi connectivity index (χ1) is 12.3. The second kappa shape index (κ2) is 9.40. The second-order valence-corrected chi connectivity index (χ2v) is 8.62. The lowest BCUT2D eigenvalue weighted by atomic mass is 9.87. The van der Waals surface area contributed by atoms with Crippen LogP contribution in [0, 0.1) is 5.92 Å². The predicted molar refractivity (Wildman–Crippen MR) is 106 cm³/mol. The van der Waals surface area contributed by atoms with Crippen LogP contribution in [0.4, 0.5) is 0 Å². The molecule has 0 bridgehead atoms. The van der Waals surface area contributed by atoms with E-state index in [0.29, 0.717) is 32.5 Å². The van der Waals surface area contributed by atoms with Gasteiger partial charge in [0, 0.05) is 25.4 Å². The molecular weight excluding hydrogens is 396 g/mol. The van der Waals surface area contributed by atoms with Gasteiger partial charge in [-0.05, 0) is 58.3 Å². The Morgan fingerprint density at radius 1 is 1.19 bits per heavy atom. The van der Waals surface area contributed by atoms with Crippen molar-refractivity contribution in [1.82, 2.24) is 10.6 Å². The molecule has 2 N–H and O–H groups in total. The molecule has 0 aliphatic heterocycles. The lowest BCUT2D eigenvalue weighted by Gasteiger charge is -2.20. The number of benzene rings is 1. The van der Waals surface area contributed by atoms with Gasteiger partial charge in [0.05, 0.1) is 11.1 Å². The second-order valence-electron chi connectivity index (χ2n) is 7.76. The van der Waals surface area contributed by atoms with Crippen molar-refractivity contribution in [3.8, 4) is 5.75 Å². The first kappa shape index (κ1) is 20.7. The van der Waals surface area contributed by atoms with Gasteiger partial charge in [-0.3, -0.25) is 9.59 Å². The first-order valence-electron chi connectivity index (χ1n) is 9.24. The van der Waals surface area contributed by atoms with Gasteiger partial charge in [0.15, 0.2) is 0 Å². The first-order valence-corrected chi connectivity index (χ1v) is 10.0. The summed E-state index contributed by atoms with van der Waals surface area (Å²) in [6.07, 6.45) is 3.04. The van der Waals surface area contributed by atoms with Gasteiger partial charge in [0.25, 0.3) is 0 Å². The summed E-state index contributed by atoms with van der Waals surface area (Å²) in [5.74, 6) is 1.09. The van der Waals surface area contributed by atoms with E-state index in [9.17, 15) is 9.59 Å². The summed E-state index contributed by atoms with van der Waals surface area (Å²) < 4.78 is 6.69. The number of rotatable bonds is 9. The molecule has 0 aromatic heterocycles. The molecule has 0 saturated heterocycles. The summed E-state index contributed by atoms with van der Waals surface area (Å²) in [6, 6.07) is 6.12. The minimum atomic E-state index is -0.0172. The number of amides is 2. The summed E-state index contributed by atoms with van der Waals surface area (Å²) >= 11 is 3.55. The number of halogens is 1. The van der Waals surface area contributed by atoms with E-state index >= 15 is 0 Å². The molecule has 0 radical (unpaired) electrons. The van der Waals surface area contributed by atoms with E-state index in [1.165, 1.54) is 5.56 Å². The molecule has 2 rings (SSSR count). The molecule has 5 nitrogen and oxygen atoms in total. The Morgan fingerprint density at radius 3 is 2.50 bits per heavy atom. The number of hydrogen-bond donors (Lipinski definition) is 2. The Kier molecular flexibility index (Phi) is 7.50. The van der Waals surface area contributed by atoms with Crippen LogP contribution in [0.5, 0.6) is 5.75 Å². The Labute approximate surface area is 164 Å². The number of ether oxygens (including phenoxy) is 1. The molecule has 1 saturated carbocycles. The van der Waals surface area contributed by atoms with Crippen LogP contribution in [-0.4, -0.2) is 31.5 Å². The van der Waals surface area contributed by atoms with Crippen LogP contribution in [0.2, 0.25) is 0 Å². The molecular formula is C20H29BrN2O3. The zero-order valence-corrected chi connectivity index (χ0v) is 17.4. The largest absolute Gasteiger partial charge is 0.492 e. The standard InChI is InChI=1S/C20H29BrN2O3/c1-20(2,3)15-8-9-17(16(21)13-15)26-12-4-5-18(24)22-10-11-23-19(25)14-6-7-14/h8-9,13-14H,4-7,10-12H2,1-3H3,(H,22,24)(H,23,25). The van der Waals surface area contributed by atoms with Crippen molar-refractivity contribution in [2.75, 3.05) is 19.7 Å². The number of carbonyl (C=O) groups is 2. The molecule has 1 aliphatic rings. The maximum atomic E-state index is 11.8. The molecule has 1 aromatic rings. The van der Waals surface area contributed by atoms with Crippen molar-refractivity contribution in [2.45, 2.75) is 51.9 Å². The molecule has 0 atom stereocenters. The Balaban J connectivity index is 1.59. The van der Waals surface area contributed by atoms with Crippen molar-refractivity contribution in [1.29, 1.82) is 0 Å². The minimum Gasteiger partial charge on any atom is -0.492 e. The van der Waals surface area contributed by atoms with Gasteiger partial charge in [-0.2, -0.15) is 0 Å². The average molecular weight is 425 g/mol. The van der Waals surface area contributed by atoms with E-state index in [-0.39, 0.29) is 23.1 Å². The number of hydrogen-bond acceptors (Lipinski definition) is 3. The molecule has 0 unspecified atom stereocenters. The highest BCUT2D eigenvalue weighted by Crippen LogP contribution is 2.31. The topological polar surface area (TPSA) is 67.4 Å². The van der Waals surface area contributed by atoms with Crippen LogP contribution in [-0.2, 0) is 15.0 Å². The predicted octanol–water partition coefficient (Wildman–Crippen LogP) is 3.55. The lowest BCUT2D eigenvalue weighted by Crippen LogP contribution is -2.35. The number of carbonyl (C=O) groups excluding carboxylic acids is 2. The van der Waals surface area contributed by atoms with Gasteiger partial charge in [0.2, 0.25) is 11.8 Å². The molecule has 1 aliphatic carbocycles. The van der Waals surface area contributed by atoms with Crippen molar-refractivity contribution < 1.29 is 14.3 Å². The SMILES string of the molecule is CC(C)(C)c1ccc(OCCCC(=O)NCCNC(=O)C2CC2)c(Br)c1. The van der Waals surface area contributed by atoms with Gasteiger partial charge >= 0.3 is 0 Å². The normalized spacial score (nSPS) is 14.0. The van der Waals surface area contributed by atoms with Crippen LogP contribution in [0.1, 0.15) is 52.0 Å². The maximum Gasteiger partial charge on any atom is 0.223 e. The molecule has 1 fully saturated rings. The fourth-order valence-electron chi connectivity index (χ4n) is 2.47. The van der Waals surface area contributed by atoms with Gasteiger partial charge in [-0.1, -0.05) is 26.8 Å². The van der Waals surface area contributed by atoms with E-state index in [4.69, 9.17) is 4.74 Å². The number of nitrogens with one attached hydrogen (secondary N) is 2. The molecule has 0 spiro atoms. The zero-order valence-electron chi connectivity index (χ0n) is 15.9. The van der Waals surface area contributed by atoms with Crippen LogP contribution in [0.15, 0.2) is 22.7 Å². The monoisotopic (exact) mass is 424 g/mol. The summed E-state index contributed by atoms with van der Waals surface area (Å²) in [5, 5.41) is 5.64. The molecule has 26 heavy (non-hydrogen) atoms. The molecule has 1 aromatic carbocycles. The van der Waals surface area contributed by atoms with Crippen molar-refractivity contribution in [2.24, 2.45) is 5.92 Å². The van der Waals surface area contributed by atoms with Crippen molar-refractivity contribution >= 4 is 27.7 Å². The van der Waals surface area contributed by atoms with Crippen LogP contribution >= 0.6 is 15.9 Å². The molecule has 6 heteroatoms.